The average Bonchev–Trinajstić information content (AvgIpc) is 2.83. The number of anilines is 1. The Balaban J connectivity index is 1.61. The Bertz CT molecular complexity index is 1150. The second-order valence-electron chi connectivity index (χ2n) is 7.33. The van der Waals surface area contributed by atoms with Gasteiger partial charge in [0.25, 0.3) is 11.6 Å². The van der Waals surface area contributed by atoms with Crippen LogP contribution >= 0.6 is 0 Å². The van der Waals surface area contributed by atoms with Crippen molar-refractivity contribution in [2.24, 2.45) is 0 Å². The van der Waals surface area contributed by atoms with Crippen molar-refractivity contribution in [2.45, 2.75) is 17.9 Å². The lowest BCUT2D eigenvalue weighted by Gasteiger charge is -2.35. The molecule has 2 aromatic carbocycles. The number of nitrogens with zero attached hydrogens (tertiary/aromatic N) is 3. The molecule has 1 heterocycles. The molecule has 3 rings (SSSR count). The second-order valence-corrected chi connectivity index (χ2v) is 9.27. The SMILES string of the molecule is CNc1ccc(C(=O)OC(C)C(=O)N2CCN(S(=O)(=O)c3ccccc3)CC2)cc1[N+](=O)[O-]. The van der Waals surface area contributed by atoms with Gasteiger partial charge in [-0.05, 0) is 31.2 Å². The molecular formula is C21H24N4O7S. The van der Waals surface area contributed by atoms with E-state index < -0.39 is 32.9 Å². The van der Waals surface area contributed by atoms with Gasteiger partial charge in [0.15, 0.2) is 6.10 Å². The Morgan fingerprint density at radius 2 is 1.73 bits per heavy atom. The molecule has 176 valence electrons. The molecule has 1 aliphatic rings. The van der Waals surface area contributed by atoms with Gasteiger partial charge in [0, 0.05) is 39.3 Å². The zero-order valence-electron chi connectivity index (χ0n) is 18.1. The van der Waals surface area contributed by atoms with Gasteiger partial charge in [0.2, 0.25) is 10.0 Å². The Morgan fingerprint density at radius 3 is 2.30 bits per heavy atom. The lowest BCUT2D eigenvalue weighted by atomic mass is 10.1. The van der Waals surface area contributed by atoms with Crippen molar-refractivity contribution in [3.63, 3.8) is 0 Å². The van der Waals surface area contributed by atoms with Crippen molar-refractivity contribution >= 4 is 33.3 Å². The summed E-state index contributed by atoms with van der Waals surface area (Å²) in [7, 11) is -2.13. The molecule has 0 spiro atoms. The number of piperazine rings is 1. The molecule has 1 unspecified atom stereocenters. The molecule has 12 heteroatoms. The molecule has 0 saturated carbocycles. The summed E-state index contributed by atoms with van der Waals surface area (Å²) in [6, 6.07) is 11.9. The molecule has 0 radical (unpaired) electrons. The molecule has 11 nitrogen and oxygen atoms in total. The van der Waals surface area contributed by atoms with Gasteiger partial charge in [-0.15, -0.1) is 0 Å². The molecule has 1 atom stereocenters. The first-order chi connectivity index (χ1) is 15.6. The smallest absolute Gasteiger partial charge is 0.339 e. The third-order valence-electron chi connectivity index (χ3n) is 5.26. The van der Waals surface area contributed by atoms with Crippen LogP contribution in [0.4, 0.5) is 11.4 Å². The first kappa shape index (κ1) is 24.1. The second kappa shape index (κ2) is 9.96. The molecular weight excluding hydrogens is 452 g/mol. The number of hydrogen-bond donors (Lipinski definition) is 1. The van der Waals surface area contributed by atoms with Crippen LogP contribution in [0.5, 0.6) is 0 Å². The fourth-order valence-electron chi connectivity index (χ4n) is 3.45. The van der Waals surface area contributed by atoms with Crippen molar-refractivity contribution in [1.29, 1.82) is 0 Å². The van der Waals surface area contributed by atoms with E-state index >= 15 is 0 Å². The summed E-state index contributed by atoms with van der Waals surface area (Å²) < 4.78 is 32.0. The fraction of sp³-hybridized carbons (Fsp3) is 0.333. The number of ether oxygens (including phenoxy) is 1. The minimum atomic E-state index is -3.65. The number of carbonyl (C=O) groups excluding carboxylic acids is 2. The van der Waals surface area contributed by atoms with Crippen molar-refractivity contribution in [3.05, 3.63) is 64.2 Å². The fourth-order valence-corrected chi connectivity index (χ4v) is 4.89. The highest BCUT2D eigenvalue weighted by Crippen LogP contribution is 2.25. The van der Waals surface area contributed by atoms with E-state index in [4.69, 9.17) is 4.74 Å². The van der Waals surface area contributed by atoms with Gasteiger partial charge in [-0.25, -0.2) is 13.2 Å². The molecule has 1 N–H and O–H groups in total. The van der Waals surface area contributed by atoms with Gasteiger partial charge in [-0.3, -0.25) is 14.9 Å². The Kier molecular flexibility index (Phi) is 7.29. The lowest BCUT2D eigenvalue weighted by Crippen LogP contribution is -2.52. The first-order valence-corrected chi connectivity index (χ1v) is 11.6. The maximum Gasteiger partial charge on any atom is 0.339 e. The number of rotatable bonds is 7. The molecule has 33 heavy (non-hydrogen) atoms. The summed E-state index contributed by atoms with van der Waals surface area (Å²) >= 11 is 0. The summed E-state index contributed by atoms with van der Waals surface area (Å²) in [4.78, 5) is 37.3. The zero-order valence-corrected chi connectivity index (χ0v) is 18.9. The van der Waals surface area contributed by atoms with E-state index in [1.54, 1.807) is 18.2 Å². The monoisotopic (exact) mass is 476 g/mol. The number of carbonyl (C=O) groups is 2. The third kappa shape index (κ3) is 5.29. The average molecular weight is 477 g/mol. The van der Waals surface area contributed by atoms with Crippen LogP contribution in [0.25, 0.3) is 0 Å². The predicted octanol–water partition coefficient (Wildman–Crippen LogP) is 1.71. The molecule has 0 aliphatic carbocycles. The maximum absolute atomic E-state index is 12.7. The highest BCUT2D eigenvalue weighted by atomic mass is 32.2. The van der Waals surface area contributed by atoms with Crippen molar-refractivity contribution in [2.75, 3.05) is 38.5 Å². The van der Waals surface area contributed by atoms with E-state index in [2.05, 4.69) is 5.32 Å². The van der Waals surface area contributed by atoms with Gasteiger partial charge >= 0.3 is 5.97 Å². The number of nitro groups is 1. The van der Waals surface area contributed by atoms with Crippen LogP contribution in [-0.2, 0) is 19.6 Å². The molecule has 1 fully saturated rings. The first-order valence-electron chi connectivity index (χ1n) is 10.2. The molecule has 0 bridgehead atoms. The van der Waals surface area contributed by atoms with E-state index in [1.807, 2.05) is 0 Å². The summed E-state index contributed by atoms with van der Waals surface area (Å²) in [6.45, 7) is 1.93. The number of hydrogen-bond acceptors (Lipinski definition) is 8. The van der Waals surface area contributed by atoms with Gasteiger partial charge in [0.1, 0.15) is 5.69 Å². The Morgan fingerprint density at radius 1 is 1.09 bits per heavy atom. The number of nitrogens with one attached hydrogen (secondary N) is 1. The van der Waals surface area contributed by atoms with Crippen LogP contribution in [0, 0.1) is 10.1 Å². The van der Waals surface area contributed by atoms with Crippen LogP contribution in [0.15, 0.2) is 53.4 Å². The van der Waals surface area contributed by atoms with Crippen molar-refractivity contribution in [1.82, 2.24) is 9.21 Å². The van der Waals surface area contributed by atoms with E-state index in [0.29, 0.717) is 0 Å². The summed E-state index contributed by atoms with van der Waals surface area (Å²) in [6.07, 6.45) is -1.14. The predicted molar refractivity (Wildman–Crippen MR) is 119 cm³/mol. The number of esters is 1. The minimum absolute atomic E-state index is 0.0564. The van der Waals surface area contributed by atoms with Crippen LogP contribution in [0.1, 0.15) is 17.3 Å². The lowest BCUT2D eigenvalue weighted by molar-refractivity contribution is -0.384. The molecule has 2 aromatic rings. The Hall–Kier alpha value is -3.51. The molecule has 1 amide bonds. The van der Waals surface area contributed by atoms with Gasteiger partial charge in [-0.2, -0.15) is 4.31 Å². The van der Waals surface area contributed by atoms with E-state index in [0.717, 1.165) is 6.07 Å². The van der Waals surface area contributed by atoms with Gasteiger partial charge < -0.3 is 15.0 Å². The molecule has 0 aromatic heterocycles. The normalized spacial score (nSPS) is 15.5. The van der Waals surface area contributed by atoms with E-state index in [1.165, 1.54) is 47.4 Å². The van der Waals surface area contributed by atoms with Crippen LogP contribution in [-0.4, -0.2) is 73.8 Å². The zero-order chi connectivity index (χ0) is 24.2. The standard InChI is InChI=1S/C21H24N4O7S/c1-15(32-21(27)16-8-9-18(22-2)19(14-16)25(28)29)20(26)23-10-12-24(13-11-23)33(30,31)17-6-4-3-5-7-17/h3-9,14-15,22H,10-13H2,1-2H3. The number of benzene rings is 2. The highest BCUT2D eigenvalue weighted by Gasteiger charge is 2.32. The van der Waals surface area contributed by atoms with Gasteiger partial charge in [-0.1, -0.05) is 18.2 Å². The van der Waals surface area contributed by atoms with E-state index in [9.17, 15) is 28.1 Å². The largest absolute Gasteiger partial charge is 0.449 e. The number of sulfonamides is 1. The highest BCUT2D eigenvalue weighted by molar-refractivity contribution is 7.89. The summed E-state index contributed by atoms with van der Waals surface area (Å²) in [5, 5.41) is 13.9. The van der Waals surface area contributed by atoms with Crippen LogP contribution in [0.2, 0.25) is 0 Å². The summed E-state index contributed by atoms with van der Waals surface area (Å²) in [5.74, 6) is -1.34. The minimum Gasteiger partial charge on any atom is -0.449 e. The number of nitro benzene ring substituents is 1. The van der Waals surface area contributed by atoms with E-state index in [-0.39, 0.29) is 48.0 Å². The van der Waals surface area contributed by atoms with Crippen LogP contribution in [0.3, 0.4) is 0 Å². The quantitative estimate of drug-likeness (QED) is 0.362. The number of amides is 1. The molecule has 1 saturated heterocycles. The third-order valence-corrected chi connectivity index (χ3v) is 7.18. The maximum atomic E-state index is 12.7. The van der Waals surface area contributed by atoms with Crippen molar-refractivity contribution in [3.8, 4) is 0 Å². The van der Waals surface area contributed by atoms with Crippen LogP contribution < -0.4 is 5.32 Å². The topological polar surface area (TPSA) is 139 Å². The van der Waals surface area contributed by atoms with Gasteiger partial charge in [0.05, 0.1) is 15.4 Å². The summed E-state index contributed by atoms with van der Waals surface area (Å²) in [5.41, 5.74) is -0.107. The molecule has 1 aliphatic heterocycles. The Labute approximate surface area is 191 Å². The van der Waals surface area contributed by atoms with Crippen molar-refractivity contribution < 1.29 is 27.7 Å².